The van der Waals surface area contributed by atoms with Crippen LogP contribution in [0.4, 0.5) is 16.2 Å². The van der Waals surface area contributed by atoms with Crippen LogP contribution in [0.2, 0.25) is 0 Å². The fourth-order valence-corrected chi connectivity index (χ4v) is 2.71. The number of urea groups is 1. The van der Waals surface area contributed by atoms with Crippen molar-refractivity contribution in [3.8, 4) is 0 Å². The van der Waals surface area contributed by atoms with Crippen LogP contribution in [0.3, 0.4) is 0 Å². The third-order valence-corrected chi connectivity index (χ3v) is 4.07. The quantitative estimate of drug-likeness (QED) is 0.580. The Morgan fingerprint density at radius 1 is 1.12 bits per heavy atom. The maximum absolute atomic E-state index is 12.0. The van der Waals surface area contributed by atoms with Gasteiger partial charge in [-0.2, -0.15) is 0 Å². The molecule has 1 heterocycles. The summed E-state index contributed by atoms with van der Waals surface area (Å²) in [7, 11) is 0. The van der Waals surface area contributed by atoms with Gasteiger partial charge in [0.2, 0.25) is 5.91 Å². The van der Waals surface area contributed by atoms with Crippen LogP contribution in [-0.2, 0) is 4.79 Å². The molecule has 1 aliphatic heterocycles. The number of benzene rings is 1. The van der Waals surface area contributed by atoms with E-state index in [0.29, 0.717) is 24.6 Å². The van der Waals surface area contributed by atoms with Crippen molar-refractivity contribution in [3.63, 3.8) is 0 Å². The average molecular weight is 330 g/mol. The highest BCUT2D eigenvalue weighted by atomic mass is 16.2. The van der Waals surface area contributed by atoms with Crippen molar-refractivity contribution in [1.29, 1.82) is 0 Å². The Hall–Kier alpha value is -2.34. The first-order valence-corrected chi connectivity index (χ1v) is 8.44. The molecule has 0 saturated carbocycles. The van der Waals surface area contributed by atoms with Crippen LogP contribution in [-0.4, -0.2) is 31.6 Å². The molecule has 1 aromatic rings. The molecule has 1 aromatic carbocycles. The van der Waals surface area contributed by atoms with Crippen LogP contribution in [0.15, 0.2) is 36.9 Å². The van der Waals surface area contributed by atoms with Crippen molar-refractivity contribution < 1.29 is 9.59 Å². The summed E-state index contributed by atoms with van der Waals surface area (Å²) in [4.78, 5) is 23.5. The minimum Gasteiger partial charge on any atom is -0.334 e. The van der Waals surface area contributed by atoms with E-state index in [9.17, 15) is 9.59 Å². The SMILES string of the molecule is C=CCNC(=O)Nc1ccc(NC(=O)CCC2CCNCC2)cc1. The number of rotatable bonds is 7. The third-order valence-electron chi connectivity index (χ3n) is 4.07. The summed E-state index contributed by atoms with van der Waals surface area (Å²) in [5.74, 6) is 0.690. The topological polar surface area (TPSA) is 82.3 Å². The first-order chi connectivity index (χ1) is 11.7. The Bertz CT molecular complexity index is 551. The fraction of sp³-hybridized carbons (Fsp3) is 0.444. The van der Waals surface area contributed by atoms with E-state index in [1.54, 1.807) is 30.3 Å². The van der Waals surface area contributed by atoms with Gasteiger partial charge in [0.05, 0.1) is 0 Å². The molecule has 0 aromatic heterocycles. The van der Waals surface area contributed by atoms with E-state index in [2.05, 4.69) is 27.8 Å². The first kappa shape index (κ1) is 18.0. The van der Waals surface area contributed by atoms with Crippen LogP contribution in [0, 0.1) is 5.92 Å². The van der Waals surface area contributed by atoms with Gasteiger partial charge >= 0.3 is 6.03 Å². The molecule has 130 valence electrons. The molecule has 0 aliphatic carbocycles. The second-order valence-electron chi connectivity index (χ2n) is 5.98. The molecule has 6 nitrogen and oxygen atoms in total. The van der Waals surface area contributed by atoms with E-state index in [4.69, 9.17) is 0 Å². The van der Waals surface area contributed by atoms with E-state index in [1.807, 2.05) is 0 Å². The summed E-state index contributed by atoms with van der Waals surface area (Å²) in [5, 5.41) is 11.6. The Kier molecular flexibility index (Phi) is 7.29. The van der Waals surface area contributed by atoms with Gasteiger partial charge in [-0.05, 0) is 62.5 Å². The number of anilines is 2. The molecule has 0 unspecified atom stereocenters. The van der Waals surface area contributed by atoms with Crippen LogP contribution in [0.5, 0.6) is 0 Å². The van der Waals surface area contributed by atoms with E-state index in [-0.39, 0.29) is 11.9 Å². The summed E-state index contributed by atoms with van der Waals surface area (Å²) in [5.41, 5.74) is 1.41. The number of carbonyl (C=O) groups excluding carboxylic acids is 2. The van der Waals surface area contributed by atoms with Crippen LogP contribution < -0.4 is 21.3 Å². The standard InChI is InChI=1S/C18H26N4O2/c1-2-11-20-18(24)22-16-6-4-15(5-7-16)21-17(23)8-3-14-9-12-19-13-10-14/h2,4-7,14,19H,1,3,8-13H2,(H,21,23)(H2,20,22,24). The lowest BCUT2D eigenvalue weighted by molar-refractivity contribution is -0.116. The lowest BCUT2D eigenvalue weighted by atomic mass is 9.93. The number of hydrogen-bond acceptors (Lipinski definition) is 3. The summed E-state index contributed by atoms with van der Waals surface area (Å²) in [6.45, 7) is 6.06. The van der Waals surface area contributed by atoms with Gasteiger partial charge in [0.25, 0.3) is 0 Å². The molecule has 0 spiro atoms. The molecule has 6 heteroatoms. The van der Waals surface area contributed by atoms with E-state index in [0.717, 1.165) is 38.0 Å². The first-order valence-electron chi connectivity index (χ1n) is 8.44. The van der Waals surface area contributed by atoms with Gasteiger partial charge in [-0.3, -0.25) is 4.79 Å². The Balaban J connectivity index is 1.73. The van der Waals surface area contributed by atoms with Crippen LogP contribution >= 0.6 is 0 Å². The molecule has 1 fully saturated rings. The highest BCUT2D eigenvalue weighted by Gasteiger charge is 2.14. The lowest BCUT2D eigenvalue weighted by Gasteiger charge is -2.22. The number of amides is 3. The van der Waals surface area contributed by atoms with E-state index >= 15 is 0 Å². The molecule has 0 bridgehead atoms. The molecule has 24 heavy (non-hydrogen) atoms. The van der Waals surface area contributed by atoms with Gasteiger partial charge in [-0.15, -0.1) is 6.58 Å². The van der Waals surface area contributed by atoms with Crippen molar-refractivity contribution >= 4 is 23.3 Å². The Morgan fingerprint density at radius 3 is 2.38 bits per heavy atom. The van der Waals surface area contributed by atoms with Crippen molar-refractivity contribution in [2.24, 2.45) is 5.92 Å². The van der Waals surface area contributed by atoms with Gasteiger partial charge < -0.3 is 21.3 Å². The molecular formula is C18H26N4O2. The smallest absolute Gasteiger partial charge is 0.319 e. The number of hydrogen-bond donors (Lipinski definition) is 4. The highest BCUT2D eigenvalue weighted by Crippen LogP contribution is 2.19. The van der Waals surface area contributed by atoms with E-state index < -0.39 is 0 Å². The Morgan fingerprint density at radius 2 is 1.75 bits per heavy atom. The zero-order valence-corrected chi connectivity index (χ0v) is 13.9. The summed E-state index contributed by atoms with van der Waals surface area (Å²) in [6.07, 6.45) is 5.41. The van der Waals surface area contributed by atoms with Gasteiger partial charge in [0.15, 0.2) is 0 Å². The zero-order valence-electron chi connectivity index (χ0n) is 13.9. The second-order valence-corrected chi connectivity index (χ2v) is 5.98. The molecule has 1 aliphatic rings. The van der Waals surface area contributed by atoms with Gasteiger partial charge in [-0.25, -0.2) is 4.79 Å². The predicted octanol–water partition coefficient (Wildman–Crippen LogP) is 2.71. The second kappa shape index (κ2) is 9.72. The third kappa shape index (κ3) is 6.42. The molecular weight excluding hydrogens is 304 g/mol. The monoisotopic (exact) mass is 330 g/mol. The van der Waals surface area contributed by atoms with Gasteiger partial charge in [0, 0.05) is 24.3 Å². The minimum absolute atomic E-state index is 0.0398. The van der Waals surface area contributed by atoms with Crippen molar-refractivity contribution in [2.75, 3.05) is 30.3 Å². The maximum Gasteiger partial charge on any atom is 0.319 e. The van der Waals surface area contributed by atoms with Crippen LogP contribution in [0.1, 0.15) is 25.7 Å². The van der Waals surface area contributed by atoms with Gasteiger partial charge in [-0.1, -0.05) is 6.08 Å². The maximum atomic E-state index is 12.0. The average Bonchev–Trinajstić information content (AvgIpc) is 2.61. The molecule has 4 N–H and O–H groups in total. The minimum atomic E-state index is -0.284. The molecule has 2 rings (SSSR count). The van der Waals surface area contributed by atoms with Gasteiger partial charge in [0.1, 0.15) is 0 Å². The molecule has 0 atom stereocenters. The zero-order chi connectivity index (χ0) is 17.2. The summed E-state index contributed by atoms with van der Waals surface area (Å²) < 4.78 is 0. The molecule has 1 saturated heterocycles. The van der Waals surface area contributed by atoms with Crippen molar-refractivity contribution in [3.05, 3.63) is 36.9 Å². The summed E-state index contributed by atoms with van der Waals surface area (Å²) in [6, 6.07) is 6.80. The Labute approximate surface area is 143 Å². The normalized spacial score (nSPS) is 14.7. The van der Waals surface area contributed by atoms with E-state index in [1.165, 1.54) is 0 Å². The number of carbonyl (C=O) groups is 2. The van der Waals surface area contributed by atoms with Crippen molar-refractivity contribution in [2.45, 2.75) is 25.7 Å². The fourth-order valence-electron chi connectivity index (χ4n) is 2.71. The molecule has 3 amide bonds. The number of piperidine rings is 1. The highest BCUT2D eigenvalue weighted by molar-refractivity contribution is 5.92. The van der Waals surface area contributed by atoms with Crippen LogP contribution in [0.25, 0.3) is 0 Å². The summed E-state index contributed by atoms with van der Waals surface area (Å²) >= 11 is 0. The predicted molar refractivity (Wildman–Crippen MR) is 97.1 cm³/mol. The van der Waals surface area contributed by atoms with Crippen molar-refractivity contribution in [1.82, 2.24) is 10.6 Å². The molecule has 0 radical (unpaired) electrons. The lowest BCUT2D eigenvalue weighted by Crippen LogP contribution is -2.28. The largest absolute Gasteiger partial charge is 0.334 e. The number of nitrogens with one attached hydrogen (secondary N) is 4.